The monoisotopic (exact) mass is 259 g/mol. The lowest BCUT2D eigenvalue weighted by atomic mass is 10.1. The summed E-state index contributed by atoms with van der Waals surface area (Å²) in [6.07, 6.45) is 1.23. The van der Waals surface area contributed by atoms with Gasteiger partial charge in [0.05, 0.1) is 12.5 Å². The zero-order valence-corrected chi connectivity index (χ0v) is 12.2. The number of carboxylic acid groups (broad SMARTS) is 1. The Hall–Kier alpha value is -0.610. The minimum Gasteiger partial charge on any atom is -0.481 e. The highest BCUT2D eigenvalue weighted by molar-refractivity contribution is 5.67. The highest BCUT2D eigenvalue weighted by atomic mass is 16.4. The molecule has 0 radical (unpaired) electrons. The van der Waals surface area contributed by atoms with Crippen LogP contribution in [0.3, 0.4) is 0 Å². The molecule has 4 nitrogen and oxygen atoms in total. The Kier molecular flexibility index (Phi) is 9.02. The van der Waals surface area contributed by atoms with Crippen molar-refractivity contribution in [3.8, 4) is 0 Å². The Balaban J connectivity index is 4.13. The number of carbonyl (C=O) groups is 1. The molecular weight excluding hydrogens is 230 g/mol. The summed E-state index contributed by atoms with van der Waals surface area (Å²) in [6, 6.07) is 0. The van der Waals surface area contributed by atoms with Crippen molar-refractivity contribution in [2.24, 2.45) is 11.8 Å². The Morgan fingerprint density at radius 1 is 1.06 bits per heavy atom. The second kappa shape index (κ2) is 9.34. The third-order valence-electron chi connectivity index (χ3n) is 2.92. The first-order valence-electron chi connectivity index (χ1n) is 6.93. The molecule has 2 N–H and O–H groups in total. The van der Waals surface area contributed by atoms with E-state index in [-0.39, 0.29) is 6.42 Å². The van der Waals surface area contributed by atoms with E-state index in [2.05, 4.69) is 32.6 Å². The fraction of sp³-hybridized carbons (Fsp3) is 0.929. The molecule has 0 saturated carbocycles. The molecule has 0 amide bonds. The minimum absolute atomic E-state index is 0.167. The summed E-state index contributed by atoms with van der Waals surface area (Å²) in [5.41, 5.74) is 0. The molecule has 4 heteroatoms. The molecule has 108 valence electrons. The summed E-state index contributed by atoms with van der Waals surface area (Å²) in [4.78, 5) is 12.7. The van der Waals surface area contributed by atoms with E-state index in [1.165, 1.54) is 0 Å². The Morgan fingerprint density at radius 2 is 1.50 bits per heavy atom. The molecule has 0 spiro atoms. The van der Waals surface area contributed by atoms with Gasteiger partial charge in [-0.05, 0) is 37.8 Å². The van der Waals surface area contributed by atoms with Gasteiger partial charge >= 0.3 is 5.97 Å². The predicted molar refractivity (Wildman–Crippen MR) is 73.6 cm³/mol. The summed E-state index contributed by atoms with van der Waals surface area (Å²) in [5.74, 6) is 0.321. The number of hydrogen-bond acceptors (Lipinski definition) is 3. The molecule has 0 aromatic carbocycles. The van der Waals surface area contributed by atoms with Crippen molar-refractivity contribution in [1.29, 1.82) is 0 Å². The van der Waals surface area contributed by atoms with Crippen LogP contribution in [0.5, 0.6) is 0 Å². The van der Waals surface area contributed by atoms with Crippen LogP contribution in [0.2, 0.25) is 0 Å². The third kappa shape index (κ3) is 10.5. The number of hydrogen-bond donors (Lipinski definition) is 2. The first-order valence-corrected chi connectivity index (χ1v) is 6.93. The first kappa shape index (κ1) is 17.4. The topological polar surface area (TPSA) is 60.8 Å². The van der Waals surface area contributed by atoms with Crippen LogP contribution in [0.15, 0.2) is 0 Å². The zero-order valence-electron chi connectivity index (χ0n) is 12.2. The summed E-state index contributed by atoms with van der Waals surface area (Å²) in [5, 5.41) is 18.4. The average Bonchev–Trinajstić information content (AvgIpc) is 2.20. The normalized spacial score (nSPS) is 13.6. The van der Waals surface area contributed by atoms with E-state index in [9.17, 15) is 9.90 Å². The zero-order chi connectivity index (χ0) is 14.1. The lowest BCUT2D eigenvalue weighted by molar-refractivity contribution is -0.139. The van der Waals surface area contributed by atoms with Crippen molar-refractivity contribution < 1.29 is 15.0 Å². The van der Waals surface area contributed by atoms with Crippen LogP contribution < -0.4 is 0 Å². The molecule has 0 fully saturated rings. The van der Waals surface area contributed by atoms with Gasteiger partial charge in [0.2, 0.25) is 0 Å². The number of carboxylic acids is 1. The summed E-state index contributed by atoms with van der Waals surface area (Å²) in [7, 11) is 0. The van der Waals surface area contributed by atoms with E-state index in [0.29, 0.717) is 18.4 Å². The maximum Gasteiger partial charge on any atom is 0.306 e. The van der Waals surface area contributed by atoms with Gasteiger partial charge in [-0.1, -0.05) is 27.7 Å². The number of aliphatic hydroxyl groups is 1. The summed E-state index contributed by atoms with van der Waals surface area (Å²) in [6.45, 7) is 11.0. The Morgan fingerprint density at radius 3 is 1.83 bits per heavy atom. The van der Waals surface area contributed by atoms with Crippen LogP contribution in [0.25, 0.3) is 0 Å². The van der Waals surface area contributed by atoms with E-state index in [4.69, 9.17) is 5.11 Å². The van der Waals surface area contributed by atoms with E-state index < -0.39 is 12.1 Å². The molecule has 0 heterocycles. The van der Waals surface area contributed by atoms with Gasteiger partial charge in [0.15, 0.2) is 0 Å². The fourth-order valence-electron chi connectivity index (χ4n) is 1.74. The van der Waals surface area contributed by atoms with Crippen LogP contribution >= 0.6 is 0 Å². The highest BCUT2D eigenvalue weighted by Gasteiger charge is 2.15. The molecule has 0 aliphatic heterocycles. The predicted octanol–water partition coefficient (Wildman–Crippen LogP) is 2.22. The van der Waals surface area contributed by atoms with Gasteiger partial charge in [0.25, 0.3) is 0 Å². The van der Waals surface area contributed by atoms with E-state index >= 15 is 0 Å². The van der Waals surface area contributed by atoms with Crippen molar-refractivity contribution in [3.05, 3.63) is 0 Å². The second-order valence-corrected chi connectivity index (χ2v) is 5.92. The fourth-order valence-corrected chi connectivity index (χ4v) is 1.74. The van der Waals surface area contributed by atoms with Crippen LogP contribution in [0.4, 0.5) is 0 Å². The highest BCUT2D eigenvalue weighted by Crippen LogP contribution is 2.08. The number of nitrogens with zero attached hydrogens (tertiary/aromatic N) is 1. The van der Waals surface area contributed by atoms with Gasteiger partial charge in [-0.2, -0.15) is 0 Å². The van der Waals surface area contributed by atoms with Gasteiger partial charge in [-0.25, -0.2) is 0 Å². The number of rotatable bonds is 10. The molecular formula is C14H29NO3. The molecule has 0 bridgehead atoms. The minimum atomic E-state index is -0.935. The smallest absolute Gasteiger partial charge is 0.306 e. The van der Waals surface area contributed by atoms with Crippen LogP contribution in [-0.4, -0.2) is 46.8 Å². The second-order valence-electron chi connectivity index (χ2n) is 5.92. The SMILES string of the molecule is CC(C)CCN(CCC(C)C)CC(O)CC(=O)O. The van der Waals surface area contributed by atoms with E-state index in [0.717, 1.165) is 25.9 Å². The van der Waals surface area contributed by atoms with Crippen LogP contribution in [-0.2, 0) is 4.79 Å². The Bertz CT molecular complexity index is 217. The maximum absolute atomic E-state index is 10.5. The Labute approximate surface area is 111 Å². The molecule has 0 aliphatic rings. The van der Waals surface area contributed by atoms with Gasteiger partial charge in [0, 0.05) is 6.54 Å². The quantitative estimate of drug-likeness (QED) is 0.631. The summed E-state index contributed by atoms with van der Waals surface area (Å²) >= 11 is 0. The third-order valence-corrected chi connectivity index (χ3v) is 2.92. The molecule has 0 saturated heterocycles. The molecule has 1 atom stereocenters. The van der Waals surface area contributed by atoms with Gasteiger partial charge in [0.1, 0.15) is 0 Å². The van der Waals surface area contributed by atoms with Crippen molar-refractivity contribution in [3.63, 3.8) is 0 Å². The first-order chi connectivity index (χ1) is 8.31. The lowest BCUT2D eigenvalue weighted by Gasteiger charge is -2.26. The van der Waals surface area contributed by atoms with Crippen molar-refractivity contribution in [2.45, 2.75) is 53.1 Å². The average molecular weight is 259 g/mol. The summed E-state index contributed by atoms with van der Waals surface area (Å²) < 4.78 is 0. The van der Waals surface area contributed by atoms with Gasteiger partial charge in [-0.15, -0.1) is 0 Å². The van der Waals surface area contributed by atoms with Gasteiger partial charge < -0.3 is 15.1 Å². The van der Waals surface area contributed by atoms with E-state index in [1.807, 2.05) is 0 Å². The molecule has 18 heavy (non-hydrogen) atoms. The maximum atomic E-state index is 10.5. The van der Waals surface area contributed by atoms with Crippen LogP contribution in [0.1, 0.15) is 47.0 Å². The number of aliphatic hydroxyl groups excluding tert-OH is 1. The van der Waals surface area contributed by atoms with Crippen LogP contribution in [0, 0.1) is 11.8 Å². The number of aliphatic carboxylic acids is 1. The van der Waals surface area contributed by atoms with E-state index in [1.54, 1.807) is 0 Å². The standard InChI is InChI=1S/C14H29NO3/c1-11(2)5-7-15(8-6-12(3)4)10-13(16)9-14(17)18/h11-13,16H,5-10H2,1-4H3,(H,17,18). The molecule has 0 aromatic heterocycles. The molecule has 1 unspecified atom stereocenters. The van der Waals surface area contributed by atoms with Gasteiger partial charge in [-0.3, -0.25) is 4.79 Å². The van der Waals surface area contributed by atoms with Crippen molar-refractivity contribution in [1.82, 2.24) is 4.90 Å². The molecule has 0 aliphatic carbocycles. The molecule has 0 rings (SSSR count). The largest absolute Gasteiger partial charge is 0.481 e. The van der Waals surface area contributed by atoms with Crippen molar-refractivity contribution in [2.75, 3.05) is 19.6 Å². The molecule has 0 aromatic rings. The van der Waals surface area contributed by atoms with Crippen molar-refractivity contribution >= 4 is 5.97 Å². The lowest BCUT2D eigenvalue weighted by Crippen LogP contribution is -2.36.